The first kappa shape index (κ1) is 14.4. The summed E-state index contributed by atoms with van der Waals surface area (Å²) in [7, 11) is 0. The highest BCUT2D eigenvalue weighted by Gasteiger charge is 2.25. The molecule has 1 heterocycles. The third kappa shape index (κ3) is 3.74. The third-order valence-electron chi connectivity index (χ3n) is 3.59. The number of thiol groups is 1. The van der Waals surface area contributed by atoms with Crippen molar-refractivity contribution >= 4 is 18.5 Å². The van der Waals surface area contributed by atoms with Crippen molar-refractivity contribution in [3.8, 4) is 0 Å². The van der Waals surface area contributed by atoms with Crippen molar-refractivity contribution in [2.75, 3.05) is 19.6 Å². The molecule has 104 valence electrons. The van der Waals surface area contributed by atoms with Gasteiger partial charge in [0, 0.05) is 23.0 Å². The zero-order valence-corrected chi connectivity index (χ0v) is 12.3. The minimum atomic E-state index is 0.155. The second-order valence-electron chi connectivity index (χ2n) is 5.03. The Morgan fingerprint density at radius 2 is 1.95 bits per heavy atom. The Bertz CT molecular complexity index is 413. The van der Waals surface area contributed by atoms with Crippen LogP contribution in [0.2, 0.25) is 0 Å². The molecule has 0 spiro atoms. The molecule has 0 saturated carbocycles. The van der Waals surface area contributed by atoms with Gasteiger partial charge in [0.25, 0.3) is 5.91 Å². The van der Waals surface area contributed by atoms with Gasteiger partial charge in [-0.15, -0.1) is 12.6 Å². The topological polar surface area (TPSA) is 32.3 Å². The summed E-state index contributed by atoms with van der Waals surface area (Å²) >= 11 is 4.26. The predicted molar refractivity (Wildman–Crippen MR) is 80.9 cm³/mol. The monoisotopic (exact) mass is 278 g/mol. The number of carbonyl (C=O) groups excluding carboxylic acids is 1. The Morgan fingerprint density at radius 1 is 1.32 bits per heavy atom. The molecular formula is C15H22N2OS. The Labute approximate surface area is 120 Å². The lowest BCUT2D eigenvalue weighted by Gasteiger charge is -2.34. The van der Waals surface area contributed by atoms with Crippen LogP contribution in [0.4, 0.5) is 0 Å². The number of hydrogen-bond donors (Lipinski definition) is 2. The molecule has 1 aromatic carbocycles. The van der Waals surface area contributed by atoms with Gasteiger partial charge in [-0.2, -0.15) is 0 Å². The van der Waals surface area contributed by atoms with Gasteiger partial charge < -0.3 is 10.2 Å². The number of piperidine rings is 1. The second-order valence-corrected chi connectivity index (χ2v) is 5.54. The fraction of sp³-hybridized carbons (Fsp3) is 0.533. The van der Waals surface area contributed by atoms with E-state index in [2.05, 4.69) is 24.9 Å². The lowest BCUT2D eigenvalue weighted by atomic mass is 10.0. The minimum absolute atomic E-state index is 0.155. The van der Waals surface area contributed by atoms with Crippen LogP contribution in [0.25, 0.3) is 0 Å². The largest absolute Gasteiger partial charge is 0.336 e. The van der Waals surface area contributed by atoms with Crippen molar-refractivity contribution in [2.24, 2.45) is 0 Å². The summed E-state index contributed by atoms with van der Waals surface area (Å²) in [5, 5.41) is 3.35. The summed E-state index contributed by atoms with van der Waals surface area (Å²) < 4.78 is 0. The number of rotatable bonds is 4. The maximum absolute atomic E-state index is 12.6. The van der Waals surface area contributed by atoms with Crippen LogP contribution < -0.4 is 5.32 Å². The van der Waals surface area contributed by atoms with Gasteiger partial charge >= 0.3 is 0 Å². The first-order valence-corrected chi connectivity index (χ1v) is 7.48. The van der Waals surface area contributed by atoms with E-state index in [0.29, 0.717) is 6.04 Å². The SMILES string of the molecule is CCCN(C(=O)c1ccc(S)cc1)C1CCNCC1. The molecule has 0 radical (unpaired) electrons. The average Bonchev–Trinajstić information content (AvgIpc) is 2.46. The van der Waals surface area contributed by atoms with Gasteiger partial charge in [-0.25, -0.2) is 0 Å². The summed E-state index contributed by atoms with van der Waals surface area (Å²) in [6, 6.07) is 7.87. The van der Waals surface area contributed by atoms with E-state index < -0.39 is 0 Å². The van der Waals surface area contributed by atoms with Crippen LogP contribution in [-0.2, 0) is 0 Å². The predicted octanol–water partition coefficient (Wildman–Crippen LogP) is 2.58. The standard InChI is InChI=1S/C15H22N2OS/c1-2-11-17(13-7-9-16-10-8-13)15(18)12-3-5-14(19)6-4-12/h3-6,13,16,19H,2,7-11H2,1H3. The van der Waals surface area contributed by atoms with Gasteiger partial charge in [0.15, 0.2) is 0 Å². The Morgan fingerprint density at radius 3 is 2.53 bits per heavy atom. The summed E-state index contributed by atoms with van der Waals surface area (Å²) in [4.78, 5) is 15.6. The van der Waals surface area contributed by atoms with Crippen molar-refractivity contribution in [1.82, 2.24) is 10.2 Å². The van der Waals surface area contributed by atoms with E-state index in [1.54, 1.807) is 0 Å². The normalized spacial score (nSPS) is 16.3. The quantitative estimate of drug-likeness (QED) is 0.830. The maximum atomic E-state index is 12.6. The molecule has 19 heavy (non-hydrogen) atoms. The number of hydrogen-bond acceptors (Lipinski definition) is 3. The molecule has 4 heteroatoms. The van der Waals surface area contributed by atoms with Crippen LogP contribution in [-0.4, -0.2) is 36.5 Å². The Kier molecular flexibility index (Phi) is 5.28. The van der Waals surface area contributed by atoms with Crippen molar-refractivity contribution in [1.29, 1.82) is 0 Å². The van der Waals surface area contributed by atoms with Crippen molar-refractivity contribution < 1.29 is 4.79 Å². The average molecular weight is 278 g/mol. The maximum Gasteiger partial charge on any atom is 0.254 e. The van der Waals surface area contributed by atoms with Gasteiger partial charge in [0.1, 0.15) is 0 Å². The van der Waals surface area contributed by atoms with Crippen molar-refractivity contribution in [3.63, 3.8) is 0 Å². The molecule has 1 N–H and O–H groups in total. The van der Waals surface area contributed by atoms with E-state index in [-0.39, 0.29) is 5.91 Å². The smallest absolute Gasteiger partial charge is 0.254 e. The van der Waals surface area contributed by atoms with E-state index in [1.807, 2.05) is 29.2 Å². The van der Waals surface area contributed by atoms with Gasteiger partial charge in [0.2, 0.25) is 0 Å². The molecular weight excluding hydrogens is 256 g/mol. The molecule has 3 nitrogen and oxygen atoms in total. The summed E-state index contributed by atoms with van der Waals surface area (Å²) in [5.41, 5.74) is 0.768. The van der Waals surface area contributed by atoms with E-state index in [0.717, 1.165) is 49.4 Å². The zero-order chi connectivity index (χ0) is 13.7. The van der Waals surface area contributed by atoms with Crippen LogP contribution in [0.1, 0.15) is 36.5 Å². The Hall–Kier alpha value is -1.00. The minimum Gasteiger partial charge on any atom is -0.336 e. The Balaban J connectivity index is 2.13. The van der Waals surface area contributed by atoms with Crippen LogP contribution in [0, 0.1) is 0 Å². The van der Waals surface area contributed by atoms with Crippen LogP contribution in [0.15, 0.2) is 29.2 Å². The highest BCUT2D eigenvalue weighted by molar-refractivity contribution is 7.80. The van der Waals surface area contributed by atoms with E-state index in [1.165, 1.54) is 0 Å². The molecule has 0 atom stereocenters. The molecule has 1 amide bonds. The molecule has 2 rings (SSSR count). The first-order chi connectivity index (χ1) is 9.22. The molecule has 1 aliphatic rings. The van der Waals surface area contributed by atoms with Gasteiger partial charge in [-0.1, -0.05) is 6.92 Å². The van der Waals surface area contributed by atoms with Crippen molar-refractivity contribution in [3.05, 3.63) is 29.8 Å². The summed E-state index contributed by atoms with van der Waals surface area (Å²) in [6.07, 6.45) is 3.10. The first-order valence-electron chi connectivity index (χ1n) is 7.03. The highest BCUT2D eigenvalue weighted by Crippen LogP contribution is 2.17. The zero-order valence-electron chi connectivity index (χ0n) is 11.4. The van der Waals surface area contributed by atoms with Crippen molar-refractivity contribution in [2.45, 2.75) is 37.1 Å². The third-order valence-corrected chi connectivity index (χ3v) is 3.89. The molecule has 0 aromatic heterocycles. The number of benzene rings is 1. The number of nitrogens with one attached hydrogen (secondary N) is 1. The second kappa shape index (κ2) is 6.96. The summed E-state index contributed by atoms with van der Waals surface area (Å²) in [6.45, 7) is 4.98. The highest BCUT2D eigenvalue weighted by atomic mass is 32.1. The molecule has 0 bridgehead atoms. The van der Waals surface area contributed by atoms with Gasteiger partial charge in [-0.3, -0.25) is 4.79 Å². The van der Waals surface area contributed by atoms with Crippen LogP contribution in [0.5, 0.6) is 0 Å². The summed E-state index contributed by atoms with van der Waals surface area (Å²) in [5.74, 6) is 0.155. The lowest BCUT2D eigenvalue weighted by Crippen LogP contribution is -2.46. The van der Waals surface area contributed by atoms with E-state index in [4.69, 9.17) is 0 Å². The fourth-order valence-electron chi connectivity index (χ4n) is 2.58. The molecule has 1 aliphatic heterocycles. The molecule has 0 unspecified atom stereocenters. The number of amides is 1. The van der Waals surface area contributed by atoms with Crippen LogP contribution in [0.3, 0.4) is 0 Å². The fourth-order valence-corrected chi connectivity index (χ4v) is 2.73. The number of nitrogens with zero attached hydrogens (tertiary/aromatic N) is 1. The van der Waals surface area contributed by atoms with Gasteiger partial charge in [-0.05, 0) is 56.6 Å². The molecule has 1 saturated heterocycles. The molecule has 1 aromatic rings. The van der Waals surface area contributed by atoms with Crippen LogP contribution >= 0.6 is 12.6 Å². The van der Waals surface area contributed by atoms with E-state index in [9.17, 15) is 4.79 Å². The molecule has 1 fully saturated rings. The molecule has 0 aliphatic carbocycles. The lowest BCUT2D eigenvalue weighted by molar-refractivity contribution is 0.0642. The van der Waals surface area contributed by atoms with E-state index >= 15 is 0 Å². The van der Waals surface area contributed by atoms with Gasteiger partial charge in [0.05, 0.1) is 0 Å². The number of carbonyl (C=O) groups is 1.